The number of aliphatic hydroxyl groups excluding tert-OH is 5. The fraction of sp³-hybridized carbons (Fsp3) is 1.00. The van der Waals surface area contributed by atoms with Crippen LogP contribution in [0.1, 0.15) is 59.8 Å². The monoisotopic (exact) mass is 418 g/mol. The molecule has 0 aromatic heterocycles. The molecule has 1 aliphatic heterocycles. The molecule has 0 spiro atoms. The second-order valence-corrected chi connectivity index (χ2v) is 10.4. The summed E-state index contributed by atoms with van der Waals surface area (Å²) in [7, 11) is 0. The summed E-state index contributed by atoms with van der Waals surface area (Å²) >= 11 is 0. The highest BCUT2D eigenvalue weighted by Gasteiger charge is 2.57. The van der Waals surface area contributed by atoms with Gasteiger partial charge in [0.2, 0.25) is 0 Å². The van der Waals surface area contributed by atoms with Gasteiger partial charge in [-0.1, -0.05) is 6.92 Å². The van der Waals surface area contributed by atoms with E-state index in [0.29, 0.717) is 19.3 Å². The lowest BCUT2D eigenvalue weighted by Crippen LogP contribution is -2.62. The Bertz CT molecular complexity index is 579. The van der Waals surface area contributed by atoms with Crippen LogP contribution in [-0.4, -0.2) is 85.3 Å². The Labute approximate surface area is 172 Å². The van der Waals surface area contributed by atoms with E-state index in [2.05, 4.69) is 6.92 Å². The number of hydrogen-bond donors (Lipinski definition) is 6. The molecule has 2 saturated carbocycles. The Morgan fingerprint density at radius 3 is 2.28 bits per heavy atom. The van der Waals surface area contributed by atoms with E-state index in [4.69, 9.17) is 9.47 Å². The average Bonchev–Trinajstić information content (AvgIpc) is 2.65. The van der Waals surface area contributed by atoms with Gasteiger partial charge >= 0.3 is 0 Å². The molecule has 10 atom stereocenters. The maximum absolute atomic E-state index is 11.0. The number of ether oxygens (including phenoxy) is 2. The van der Waals surface area contributed by atoms with Gasteiger partial charge in [-0.3, -0.25) is 0 Å². The number of aliphatic hydroxyl groups is 6. The molecular formula is C21H38O8. The van der Waals surface area contributed by atoms with Gasteiger partial charge in [0.1, 0.15) is 24.4 Å². The molecule has 0 aromatic carbocycles. The maximum Gasteiger partial charge on any atom is 0.187 e. The Morgan fingerprint density at radius 2 is 1.66 bits per heavy atom. The zero-order chi connectivity index (χ0) is 21.8. The van der Waals surface area contributed by atoms with Crippen molar-refractivity contribution >= 4 is 0 Å². The smallest absolute Gasteiger partial charge is 0.187 e. The van der Waals surface area contributed by atoms with E-state index in [1.807, 2.05) is 20.8 Å². The van der Waals surface area contributed by atoms with Crippen molar-refractivity contribution in [1.82, 2.24) is 0 Å². The Morgan fingerprint density at radius 1 is 1.00 bits per heavy atom. The van der Waals surface area contributed by atoms with Gasteiger partial charge in [-0.25, -0.2) is 0 Å². The fourth-order valence-corrected chi connectivity index (χ4v) is 5.82. The van der Waals surface area contributed by atoms with Gasteiger partial charge in [0.25, 0.3) is 0 Å². The first-order valence-corrected chi connectivity index (χ1v) is 10.7. The van der Waals surface area contributed by atoms with E-state index in [0.717, 1.165) is 12.8 Å². The van der Waals surface area contributed by atoms with Crippen molar-refractivity contribution in [3.63, 3.8) is 0 Å². The van der Waals surface area contributed by atoms with Crippen LogP contribution >= 0.6 is 0 Å². The molecule has 2 aliphatic carbocycles. The van der Waals surface area contributed by atoms with Crippen LogP contribution in [-0.2, 0) is 9.47 Å². The van der Waals surface area contributed by atoms with Gasteiger partial charge in [0.15, 0.2) is 6.29 Å². The molecule has 0 unspecified atom stereocenters. The zero-order valence-electron chi connectivity index (χ0n) is 17.9. The molecule has 6 N–H and O–H groups in total. The topological polar surface area (TPSA) is 140 Å². The molecule has 1 heterocycles. The van der Waals surface area contributed by atoms with Gasteiger partial charge in [-0.2, -0.15) is 0 Å². The molecule has 0 aromatic rings. The molecule has 8 nitrogen and oxygen atoms in total. The van der Waals surface area contributed by atoms with Gasteiger partial charge < -0.3 is 40.1 Å². The summed E-state index contributed by atoms with van der Waals surface area (Å²) in [4.78, 5) is 0. The molecule has 3 rings (SSSR count). The van der Waals surface area contributed by atoms with E-state index in [9.17, 15) is 30.6 Å². The third-order valence-electron chi connectivity index (χ3n) is 8.04. The zero-order valence-corrected chi connectivity index (χ0v) is 17.9. The SMILES string of the molecule is CC(C)(O[C@@H]1O[C@H](CO)[C@@H](O)[C@H](O)[C@H]1O)[C@@H]1CC[C@@]2(C)[C@H](O)CC[C@@](C)(O)[C@@H]2C1. The molecule has 8 heteroatoms. The average molecular weight is 419 g/mol. The first-order chi connectivity index (χ1) is 13.3. The molecule has 1 saturated heterocycles. The van der Waals surface area contributed by atoms with Crippen LogP contribution in [0.25, 0.3) is 0 Å². The van der Waals surface area contributed by atoms with Crippen molar-refractivity contribution in [3.05, 3.63) is 0 Å². The Hall–Kier alpha value is -0.320. The second-order valence-electron chi connectivity index (χ2n) is 10.4. The van der Waals surface area contributed by atoms with E-state index in [1.165, 1.54) is 0 Å². The van der Waals surface area contributed by atoms with Gasteiger partial charge in [0, 0.05) is 0 Å². The third kappa shape index (κ3) is 4.11. The minimum atomic E-state index is -1.48. The third-order valence-corrected chi connectivity index (χ3v) is 8.04. The summed E-state index contributed by atoms with van der Waals surface area (Å²) in [6.45, 7) is 7.16. The molecule has 0 bridgehead atoms. The summed E-state index contributed by atoms with van der Waals surface area (Å²) in [6, 6.07) is 0. The number of hydrogen-bond acceptors (Lipinski definition) is 8. The van der Waals surface area contributed by atoms with E-state index in [1.54, 1.807) is 0 Å². The molecule has 0 radical (unpaired) electrons. The summed E-state index contributed by atoms with van der Waals surface area (Å²) in [6.07, 6.45) is -3.66. The van der Waals surface area contributed by atoms with E-state index < -0.39 is 54.6 Å². The number of fused-ring (bicyclic) bond motifs is 1. The van der Waals surface area contributed by atoms with E-state index >= 15 is 0 Å². The molecular weight excluding hydrogens is 380 g/mol. The molecule has 3 aliphatic rings. The first kappa shape index (κ1) is 23.3. The maximum atomic E-state index is 11.0. The van der Waals surface area contributed by atoms with Crippen LogP contribution in [0.3, 0.4) is 0 Å². The second kappa shape index (κ2) is 7.98. The van der Waals surface area contributed by atoms with Crippen LogP contribution in [0, 0.1) is 17.3 Å². The van der Waals surface area contributed by atoms with Crippen LogP contribution in [0.2, 0.25) is 0 Å². The minimum Gasteiger partial charge on any atom is -0.394 e. The summed E-state index contributed by atoms with van der Waals surface area (Å²) < 4.78 is 11.6. The van der Waals surface area contributed by atoms with Crippen molar-refractivity contribution in [2.75, 3.05) is 6.61 Å². The lowest BCUT2D eigenvalue weighted by atomic mass is 9.51. The van der Waals surface area contributed by atoms with Crippen LogP contribution in [0.15, 0.2) is 0 Å². The lowest BCUT2D eigenvalue weighted by Gasteiger charge is -2.58. The van der Waals surface area contributed by atoms with Crippen molar-refractivity contribution in [1.29, 1.82) is 0 Å². The van der Waals surface area contributed by atoms with E-state index in [-0.39, 0.29) is 17.3 Å². The highest BCUT2D eigenvalue weighted by atomic mass is 16.7. The van der Waals surface area contributed by atoms with Crippen LogP contribution < -0.4 is 0 Å². The predicted molar refractivity (Wildman–Crippen MR) is 104 cm³/mol. The summed E-state index contributed by atoms with van der Waals surface area (Å²) in [5.41, 5.74) is -1.98. The fourth-order valence-electron chi connectivity index (χ4n) is 5.82. The van der Waals surface area contributed by atoms with Gasteiger partial charge in [-0.15, -0.1) is 0 Å². The molecule has 0 amide bonds. The first-order valence-electron chi connectivity index (χ1n) is 10.7. The minimum absolute atomic E-state index is 0.0321. The van der Waals surface area contributed by atoms with Gasteiger partial charge in [-0.05, 0) is 70.1 Å². The standard InChI is InChI=1S/C21H38O8/c1-19(2,29-18-17(26)16(25)15(24)12(10-22)28-18)11-5-7-20(3)13(9-11)21(4,27)8-6-14(20)23/h11-18,22-27H,5-10H2,1-4H3/t11-,12-,13-,14-,15-,16+,17-,18+,20-,21-/m1/s1. The molecule has 170 valence electrons. The van der Waals surface area contributed by atoms with Crippen molar-refractivity contribution in [2.45, 2.75) is 108 Å². The highest BCUT2D eigenvalue weighted by Crippen LogP contribution is 2.57. The predicted octanol–water partition coefficient (Wildman–Crippen LogP) is -0.0902. The molecule has 3 fully saturated rings. The Kier molecular flexibility index (Phi) is 6.43. The van der Waals surface area contributed by atoms with Crippen molar-refractivity contribution < 1.29 is 40.1 Å². The largest absolute Gasteiger partial charge is 0.394 e. The quantitative estimate of drug-likeness (QED) is 0.372. The lowest BCUT2D eigenvalue weighted by molar-refractivity contribution is -0.331. The van der Waals surface area contributed by atoms with Crippen molar-refractivity contribution in [3.8, 4) is 0 Å². The summed E-state index contributed by atoms with van der Waals surface area (Å²) in [5.74, 6) is -0.0557. The molecule has 29 heavy (non-hydrogen) atoms. The highest BCUT2D eigenvalue weighted by molar-refractivity contribution is 5.07. The van der Waals surface area contributed by atoms with Gasteiger partial charge in [0.05, 0.1) is 23.9 Å². The van der Waals surface area contributed by atoms with Crippen LogP contribution in [0.4, 0.5) is 0 Å². The van der Waals surface area contributed by atoms with Crippen LogP contribution in [0.5, 0.6) is 0 Å². The normalized spacial score (nSPS) is 51.5. The summed E-state index contributed by atoms with van der Waals surface area (Å²) in [5, 5.41) is 61.3. The van der Waals surface area contributed by atoms with Crippen molar-refractivity contribution in [2.24, 2.45) is 17.3 Å². The Balaban J connectivity index is 1.74. The number of rotatable bonds is 4.